The van der Waals surface area contributed by atoms with Gasteiger partial charge in [0, 0.05) is 5.02 Å². The first-order chi connectivity index (χ1) is 13.8. The van der Waals surface area contributed by atoms with Gasteiger partial charge >= 0.3 is 5.97 Å². The second-order valence-electron chi connectivity index (χ2n) is 6.01. The van der Waals surface area contributed by atoms with E-state index in [1.165, 1.54) is 14.0 Å². The molecule has 0 aliphatic carbocycles. The van der Waals surface area contributed by atoms with Crippen molar-refractivity contribution in [1.29, 1.82) is 0 Å². The van der Waals surface area contributed by atoms with Crippen molar-refractivity contribution in [1.82, 2.24) is 0 Å². The lowest BCUT2D eigenvalue weighted by Crippen LogP contribution is -2.27. The van der Waals surface area contributed by atoms with Gasteiger partial charge in [-0.2, -0.15) is 0 Å². The van der Waals surface area contributed by atoms with Crippen LogP contribution in [0.1, 0.15) is 12.5 Å². The average Bonchev–Trinajstić information content (AvgIpc) is 2.95. The number of carbonyl (C=O) groups is 3. The van der Waals surface area contributed by atoms with E-state index in [9.17, 15) is 14.4 Å². The molecule has 1 aliphatic heterocycles. The zero-order valence-electron chi connectivity index (χ0n) is 15.4. The Hall–Kier alpha value is -2.97. The van der Waals surface area contributed by atoms with Crippen LogP contribution in [0.15, 0.2) is 47.4 Å². The standard InChI is InChI=1S/C20H16ClNO6S/c1-11(19(24)25)28-15-7-6-12(8-16(15)27-2)9-17-18(23)22(20(26)29-17)14-5-3-4-13(21)10-14/h3-11H,1-2H3,(H,24,25)/b17-9+. The van der Waals surface area contributed by atoms with Crippen LogP contribution < -0.4 is 14.4 Å². The minimum Gasteiger partial charge on any atom is -0.493 e. The lowest BCUT2D eigenvalue weighted by Gasteiger charge is -2.14. The quantitative estimate of drug-likeness (QED) is 0.673. The van der Waals surface area contributed by atoms with Crippen LogP contribution in [0.4, 0.5) is 10.5 Å². The van der Waals surface area contributed by atoms with Gasteiger partial charge in [-0.25, -0.2) is 9.69 Å². The van der Waals surface area contributed by atoms with E-state index in [1.54, 1.807) is 48.5 Å². The van der Waals surface area contributed by atoms with E-state index >= 15 is 0 Å². The Morgan fingerprint density at radius 1 is 1.21 bits per heavy atom. The van der Waals surface area contributed by atoms with Crippen LogP contribution in [0.3, 0.4) is 0 Å². The summed E-state index contributed by atoms with van der Waals surface area (Å²) < 4.78 is 10.6. The Labute approximate surface area is 175 Å². The van der Waals surface area contributed by atoms with E-state index in [4.69, 9.17) is 26.2 Å². The average molecular weight is 434 g/mol. The summed E-state index contributed by atoms with van der Waals surface area (Å²) in [6, 6.07) is 11.3. The summed E-state index contributed by atoms with van der Waals surface area (Å²) in [4.78, 5) is 37.3. The van der Waals surface area contributed by atoms with Gasteiger partial charge in [0.2, 0.25) is 0 Å². The van der Waals surface area contributed by atoms with Crippen molar-refractivity contribution in [2.75, 3.05) is 12.0 Å². The molecule has 1 heterocycles. The van der Waals surface area contributed by atoms with Crippen molar-refractivity contribution in [3.05, 3.63) is 58.0 Å². The molecule has 0 saturated carbocycles. The van der Waals surface area contributed by atoms with Gasteiger partial charge in [0.1, 0.15) is 0 Å². The smallest absolute Gasteiger partial charge is 0.344 e. The molecule has 2 amide bonds. The van der Waals surface area contributed by atoms with Crippen LogP contribution in [0.5, 0.6) is 11.5 Å². The second kappa shape index (κ2) is 8.59. The van der Waals surface area contributed by atoms with Crippen LogP contribution in [-0.4, -0.2) is 35.4 Å². The molecule has 0 radical (unpaired) electrons. The number of nitrogens with zero attached hydrogens (tertiary/aromatic N) is 1. The molecule has 29 heavy (non-hydrogen) atoms. The molecule has 2 aromatic rings. The molecule has 1 aliphatic rings. The molecule has 2 aromatic carbocycles. The number of imide groups is 1. The van der Waals surface area contributed by atoms with Gasteiger partial charge in [0.05, 0.1) is 17.7 Å². The molecule has 7 nitrogen and oxygen atoms in total. The highest BCUT2D eigenvalue weighted by atomic mass is 35.5. The molecular formula is C20H16ClNO6S. The lowest BCUT2D eigenvalue weighted by molar-refractivity contribution is -0.144. The Kier molecular flexibility index (Phi) is 6.14. The maximum atomic E-state index is 12.7. The molecular weight excluding hydrogens is 418 g/mol. The van der Waals surface area contributed by atoms with Crippen molar-refractivity contribution in [2.45, 2.75) is 13.0 Å². The largest absolute Gasteiger partial charge is 0.493 e. The number of amides is 2. The molecule has 3 rings (SSSR count). The molecule has 0 spiro atoms. The first-order valence-electron chi connectivity index (χ1n) is 8.41. The summed E-state index contributed by atoms with van der Waals surface area (Å²) >= 11 is 6.77. The van der Waals surface area contributed by atoms with Crippen LogP contribution in [0, 0.1) is 0 Å². The number of benzene rings is 2. The van der Waals surface area contributed by atoms with Gasteiger partial charge < -0.3 is 14.6 Å². The van der Waals surface area contributed by atoms with E-state index in [0.29, 0.717) is 22.0 Å². The third-order valence-corrected chi connectivity index (χ3v) is 5.10. The molecule has 0 aromatic heterocycles. The Morgan fingerprint density at radius 3 is 2.62 bits per heavy atom. The second-order valence-corrected chi connectivity index (χ2v) is 7.44. The van der Waals surface area contributed by atoms with Gasteiger partial charge in [-0.05, 0) is 60.7 Å². The van der Waals surface area contributed by atoms with Gasteiger partial charge in [-0.1, -0.05) is 23.7 Å². The third kappa shape index (κ3) is 4.55. The molecule has 0 bridgehead atoms. The highest BCUT2D eigenvalue weighted by molar-refractivity contribution is 8.19. The van der Waals surface area contributed by atoms with E-state index in [-0.39, 0.29) is 10.7 Å². The molecule has 150 valence electrons. The number of carboxylic acid groups (broad SMARTS) is 1. The fraction of sp³-hybridized carbons (Fsp3) is 0.150. The van der Waals surface area contributed by atoms with Crippen LogP contribution in [0.25, 0.3) is 6.08 Å². The fourth-order valence-electron chi connectivity index (χ4n) is 2.57. The summed E-state index contributed by atoms with van der Waals surface area (Å²) in [6.07, 6.45) is 0.506. The van der Waals surface area contributed by atoms with Gasteiger partial charge in [-0.15, -0.1) is 0 Å². The maximum Gasteiger partial charge on any atom is 0.344 e. The number of anilines is 1. The van der Waals surface area contributed by atoms with Crippen LogP contribution in [-0.2, 0) is 9.59 Å². The topological polar surface area (TPSA) is 93.1 Å². The number of methoxy groups -OCH3 is 1. The normalized spacial score (nSPS) is 16.2. The van der Waals surface area contributed by atoms with E-state index < -0.39 is 23.2 Å². The minimum atomic E-state index is -1.11. The summed E-state index contributed by atoms with van der Waals surface area (Å²) in [5.41, 5.74) is 0.987. The van der Waals surface area contributed by atoms with Crippen molar-refractivity contribution in [2.24, 2.45) is 0 Å². The molecule has 1 atom stereocenters. The minimum absolute atomic E-state index is 0.240. The Morgan fingerprint density at radius 2 is 1.97 bits per heavy atom. The number of thioether (sulfide) groups is 1. The molecule has 1 N–H and O–H groups in total. The van der Waals surface area contributed by atoms with E-state index in [0.717, 1.165) is 16.7 Å². The number of hydrogen-bond acceptors (Lipinski definition) is 6. The first-order valence-corrected chi connectivity index (χ1v) is 9.60. The zero-order valence-corrected chi connectivity index (χ0v) is 17.0. The molecule has 1 saturated heterocycles. The van der Waals surface area contributed by atoms with Crippen molar-refractivity contribution in [3.63, 3.8) is 0 Å². The summed E-state index contributed by atoms with van der Waals surface area (Å²) in [6.45, 7) is 1.40. The number of aliphatic carboxylic acids is 1. The predicted octanol–water partition coefficient (Wildman–Crippen LogP) is 4.44. The van der Waals surface area contributed by atoms with Crippen molar-refractivity contribution < 1.29 is 29.0 Å². The first kappa shape index (κ1) is 20.8. The van der Waals surface area contributed by atoms with Gasteiger partial charge in [0.15, 0.2) is 17.6 Å². The lowest BCUT2D eigenvalue weighted by atomic mass is 10.1. The fourth-order valence-corrected chi connectivity index (χ4v) is 3.59. The number of halogens is 1. The van der Waals surface area contributed by atoms with Crippen LogP contribution >= 0.6 is 23.4 Å². The number of hydrogen-bond donors (Lipinski definition) is 1. The number of ether oxygens (including phenoxy) is 2. The Bertz CT molecular complexity index is 1020. The summed E-state index contributed by atoms with van der Waals surface area (Å²) in [5, 5.41) is 8.97. The molecule has 1 unspecified atom stereocenters. The monoisotopic (exact) mass is 433 g/mol. The molecule has 1 fully saturated rings. The number of carboxylic acids is 1. The van der Waals surface area contributed by atoms with Crippen LogP contribution in [0.2, 0.25) is 5.02 Å². The van der Waals surface area contributed by atoms with Crippen molar-refractivity contribution in [3.8, 4) is 11.5 Å². The number of rotatable bonds is 6. The van der Waals surface area contributed by atoms with E-state index in [1.807, 2.05) is 0 Å². The number of carbonyl (C=O) groups excluding carboxylic acids is 2. The summed E-state index contributed by atoms with van der Waals surface area (Å²) in [7, 11) is 1.42. The Balaban J connectivity index is 1.87. The molecule has 9 heteroatoms. The maximum absolute atomic E-state index is 12.7. The highest BCUT2D eigenvalue weighted by Gasteiger charge is 2.36. The zero-order chi connectivity index (χ0) is 21.1. The van der Waals surface area contributed by atoms with Gasteiger partial charge in [-0.3, -0.25) is 9.59 Å². The third-order valence-electron chi connectivity index (χ3n) is 4.00. The summed E-state index contributed by atoms with van der Waals surface area (Å²) in [5.74, 6) is -1.00. The van der Waals surface area contributed by atoms with Gasteiger partial charge in [0.25, 0.3) is 11.1 Å². The highest BCUT2D eigenvalue weighted by Crippen LogP contribution is 2.37. The van der Waals surface area contributed by atoms with E-state index in [2.05, 4.69) is 0 Å². The predicted molar refractivity (Wildman–Crippen MR) is 111 cm³/mol. The van der Waals surface area contributed by atoms with Crippen molar-refractivity contribution >= 4 is 52.2 Å². The SMILES string of the molecule is COc1cc(/C=C2/SC(=O)N(c3cccc(Cl)c3)C2=O)ccc1OC(C)C(=O)O.